The van der Waals surface area contributed by atoms with Gasteiger partial charge in [-0.3, -0.25) is 4.79 Å². The molecule has 0 aromatic heterocycles. The van der Waals surface area contributed by atoms with Crippen LogP contribution >= 0.6 is 0 Å². The standard InChI is InChI=1S/C22H29N3O4S/c1-17(20-6-4-5-7-21(20)29-3)23-22(26)19-10-8-18(9-11-19)16-30(27,28)25-14-12-24(2)13-15-25/h4-11,17H,12-16H2,1-3H3,(H,23,26)/t17-/m0/s1. The Morgan fingerprint density at radius 3 is 2.33 bits per heavy atom. The number of nitrogens with one attached hydrogen (secondary N) is 1. The van der Waals surface area contributed by atoms with Crippen LogP contribution in [-0.2, 0) is 15.8 Å². The van der Waals surface area contributed by atoms with Crippen LogP contribution in [0.4, 0.5) is 0 Å². The Kier molecular flexibility index (Phi) is 7.12. The Bertz CT molecular complexity index is 968. The molecule has 1 aliphatic rings. The summed E-state index contributed by atoms with van der Waals surface area (Å²) in [5.41, 5.74) is 2.05. The van der Waals surface area contributed by atoms with E-state index < -0.39 is 10.0 Å². The van der Waals surface area contributed by atoms with Crippen LogP contribution in [0, 0.1) is 0 Å². The zero-order chi connectivity index (χ0) is 21.7. The highest BCUT2D eigenvalue weighted by molar-refractivity contribution is 7.88. The molecule has 162 valence electrons. The van der Waals surface area contributed by atoms with Gasteiger partial charge in [-0.25, -0.2) is 8.42 Å². The van der Waals surface area contributed by atoms with Crippen molar-refractivity contribution >= 4 is 15.9 Å². The van der Waals surface area contributed by atoms with E-state index in [1.807, 2.05) is 38.2 Å². The van der Waals surface area contributed by atoms with Crippen molar-refractivity contribution in [2.24, 2.45) is 0 Å². The molecule has 1 N–H and O–H groups in total. The SMILES string of the molecule is COc1ccccc1[C@H](C)NC(=O)c1ccc(CS(=O)(=O)N2CCN(C)CC2)cc1. The number of hydrogen-bond acceptors (Lipinski definition) is 5. The number of benzene rings is 2. The third-order valence-electron chi connectivity index (χ3n) is 5.37. The number of nitrogens with zero attached hydrogens (tertiary/aromatic N) is 2. The van der Waals surface area contributed by atoms with Gasteiger partial charge in [-0.1, -0.05) is 30.3 Å². The smallest absolute Gasteiger partial charge is 0.251 e. The fraction of sp³-hybridized carbons (Fsp3) is 0.409. The predicted molar refractivity (Wildman–Crippen MR) is 117 cm³/mol. The Morgan fingerprint density at radius 2 is 1.70 bits per heavy atom. The molecule has 2 aromatic carbocycles. The van der Waals surface area contributed by atoms with Crippen LogP contribution in [0.25, 0.3) is 0 Å². The molecule has 1 atom stereocenters. The Morgan fingerprint density at radius 1 is 1.07 bits per heavy atom. The minimum absolute atomic E-state index is 0.0593. The lowest BCUT2D eigenvalue weighted by atomic mass is 10.1. The Labute approximate surface area is 178 Å². The van der Waals surface area contributed by atoms with Gasteiger partial charge in [-0.05, 0) is 37.7 Å². The molecule has 1 heterocycles. The van der Waals surface area contributed by atoms with E-state index >= 15 is 0 Å². The Hall–Kier alpha value is -2.42. The van der Waals surface area contributed by atoms with Crippen molar-refractivity contribution in [3.63, 3.8) is 0 Å². The first-order valence-electron chi connectivity index (χ1n) is 9.99. The second-order valence-corrected chi connectivity index (χ2v) is 9.56. The lowest BCUT2D eigenvalue weighted by Gasteiger charge is -2.31. The summed E-state index contributed by atoms with van der Waals surface area (Å²) in [5, 5.41) is 2.96. The normalized spacial score (nSPS) is 16.8. The summed E-state index contributed by atoms with van der Waals surface area (Å²) >= 11 is 0. The van der Waals surface area contributed by atoms with Crippen LogP contribution in [0.2, 0.25) is 0 Å². The number of sulfonamides is 1. The number of rotatable bonds is 7. The number of methoxy groups -OCH3 is 1. The second kappa shape index (κ2) is 9.59. The summed E-state index contributed by atoms with van der Waals surface area (Å²) in [5.74, 6) is 0.438. The lowest BCUT2D eigenvalue weighted by Crippen LogP contribution is -2.47. The largest absolute Gasteiger partial charge is 0.496 e. The zero-order valence-electron chi connectivity index (χ0n) is 17.7. The molecular formula is C22H29N3O4S. The Balaban J connectivity index is 1.63. The van der Waals surface area contributed by atoms with Crippen LogP contribution in [0.3, 0.4) is 0 Å². The fourth-order valence-corrected chi connectivity index (χ4v) is 5.02. The summed E-state index contributed by atoms with van der Waals surface area (Å²) in [6.45, 7) is 4.40. The molecule has 0 radical (unpaired) electrons. The van der Waals surface area contributed by atoms with E-state index in [1.165, 1.54) is 0 Å². The zero-order valence-corrected chi connectivity index (χ0v) is 18.5. The van der Waals surface area contributed by atoms with E-state index in [4.69, 9.17) is 4.74 Å². The molecule has 7 nitrogen and oxygen atoms in total. The molecule has 1 amide bonds. The number of carbonyl (C=O) groups excluding carboxylic acids is 1. The number of likely N-dealkylation sites (N-methyl/N-ethyl adjacent to an activating group) is 1. The van der Waals surface area contributed by atoms with Gasteiger partial charge >= 0.3 is 0 Å². The quantitative estimate of drug-likeness (QED) is 0.728. The van der Waals surface area contributed by atoms with Crippen LogP contribution in [0.5, 0.6) is 5.75 Å². The molecule has 3 rings (SSSR count). The molecular weight excluding hydrogens is 402 g/mol. The van der Waals surface area contributed by atoms with Gasteiger partial charge in [0.05, 0.1) is 18.9 Å². The van der Waals surface area contributed by atoms with Crippen LogP contribution < -0.4 is 10.1 Å². The maximum absolute atomic E-state index is 12.7. The summed E-state index contributed by atoms with van der Waals surface area (Å²) in [4.78, 5) is 14.7. The molecule has 0 aliphatic carbocycles. The highest BCUT2D eigenvalue weighted by atomic mass is 32.2. The van der Waals surface area contributed by atoms with Gasteiger partial charge in [0.2, 0.25) is 10.0 Å². The topological polar surface area (TPSA) is 78.9 Å². The third kappa shape index (κ3) is 5.38. The number of piperazine rings is 1. The molecule has 0 saturated carbocycles. The summed E-state index contributed by atoms with van der Waals surface area (Å²) in [6, 6.07) is 14.1. The van der Waals surface area contributed by atoms with E-state index in [-0.39, 0.29) is 17.7 Å². The molecule has 0 bridgehead atoms. The number of ether oxygens (including phenoxy) is 1. The first kappa shape index (κ1) is 22.3. The lowest BCUT2D eigenvalue weighted by molar-refractivity contribution is 0.0939. The molecule has 8 heteroatoms. The molecule has 30 heavy (non-hydrogen) atoms. The molecule has 2 aromatic rings. The summed E-state index contributed by atoms with van der Waals surface area (Å²) in [7, 11) is 0.225. The number of hydrogen-bond donors (Lipinski definition) is 1. The average Bonchev–Trinajstić information content (AvgIpc) is 2.74. The predicted octanol–water partition coefficient (Wildman–Crippen LogP) is 2.26. The average molecular weight is 432 g/mol. The van der Waals surface area contributed by atoms with E-state index in [9.17, 15) is 13.2 Å². The van der Waals surface area contributed by atoms with Crippen molar-refractivity contribution in [3.8, 4) is 5.75 Å². The van der Waals surface area contributed by atoms with E-state index in [1.54, 1.807) is 35.7 Å². The van der Waals surface area contributed by atoms with Crippen LogP contribution in [0.1, 0.15) is 34.5 Å². The van der Waals surface area contributed by atoms with Gasteiger partial charge in [0.1, 0.15) is 5.75 Å². The maximum Gasteiger partial charge on any atom is 0.251 e. The highest BCUT2D eigenvalue weighted by Gasteiger charge is 2.26. The minimum Gasteiger partial charge on any atom is -0.496 e. The van der Waals surface area contributed by atoms with Crippen molar-refractivity contribution in [3.05, 3.63) is 65.2 Å². The van der Waals surface area contributed by atoms with Crippen LogP contribution in [0.15, 0.2) is 48.5 Å². The molecule has 0 unspecified atom stereocenters. The fourth-order valence-electron chi connectivity index (χ4n) is 3.50. The van der Waals surface area contributed by atoms with Crippen molar-refractivity contribution in [2.75, 3.05) is 40.3 Å². The number of para-hydroxylation sites is 1. The van der Waals surface area contributed by atoms with Crippen molar-refractivity contribution in [1.29, 1.82) is 0 Å². The van der Waals surface area contributed by atoms with Gasteiger partial charge in [-0.2, -0.15) is 4.31 Å². The second-order valence-electron chi connectivity index (χ2n) is 7.59. The number of carbonyl (C=O) groups is 1. The molecule has 0 spiro atoms. The molecule has 1 fully saturated rings. The van der Waals surface area contributed by atoms with Gasteiger partial charge in [0.25, 0.3) is 5.91 Å². The van der Waals surface area contributed by atoms with E-state index in [2.05, 4.69) is 10.2 Å². The van der Waals surface area contributed by atoms with Gasteiger partial charge in [-0.15, -0.1) is 0 Å². The summed E-state index contributed by atoms with van der Waals surface area (Å²) < 4.78 is 32.2. The monoisotopic (exact) mass is 431 g/mol. The highest BCUT2D eigenvalue weighted by Crippen LogP contribution is 2.24. The van der Waals surface area contributed by atoms with Crippen molar-refractivity contribution in [1.82, 2.24) is 14.5 Å². The van der Waals surface area contributed by atoms with Crippen LogP contribution in [-0.4, -0.2) is 63.9 Å². The minimum atomic E-state index is -3.36. The first-order chi connectivity index (χ1) is 14.3. The van der Waals surface area contributed by atoms with E-state index in [0.29, 0.717) is 24.2 Å². The molecule has 1 saturated heterocycles. The number of amides is 1. The third-order valence-corrected chi connectivity index (χ3v) is 7.22. The van der Waals surface area contributed by atoms with E-state index in [0.717, 1.165) is 24.4 Å². The van der Waals surface area contributed by atoms with Gasteiger partial charge < -0.3 is 15.0 Å². The van der Waals surface area contributed by atoms with Crippen molar-refractivity contribution in [2.45, 2.75) is 18.7 Å². The maximum atomic E-state index is 12.7. The van der Waals surface area contributed by atoms with Crippen molar-refractivity contribution < 1.29 is 17.9 Å². The summed E-state index contributed by atoms with van der Waals surface area (Å²) in [6.07, 6.45) is 0. The van der Waals surface area contributed by atoms with Gasteiger partial charge in [0, 0.05) is 37.3 Å². The van der Waals surface area contributed by atoms with Gasteiger partial charge in [0.15, 0.2) is 0 Å². The molecule has 1 aliphatic heterocycles. The first-order valence-corrected chi connectivity index (χ1v) is 11.6.